The van der Waals surface area contributed by atoms with Crippen LogP contribution in [0.3, 0.4) is 0 Å². The zero-order chi connectivity index (χ0) is 39.4. The van der Waals surface area contributed by atoms with Crippen LogP contribution in [-0.2, 0) is 16.6 Å². The number of nitrogen functional groups attached to an aromatic ring is 1. The number of imide groups is 2. The smallest absolute Gasteiger partial charge is 0.262 e. The molecule has 0 saturated carbocycles. The van der Waals surface area contributed by atoms with Crippen molar-refractivity contribution in [2.45, 2.75) is 82.3 Å². The number of fused-ring (bicyclic) bond motifs is 1. The summed E-state index contributed by atoms with van der Waals surface area (Å²) in [7, 11) is 3.62. The Morgan fingerprint density at radius 1 is 0.789 bits per heavy atom. The number of nitrogens with zero attached hydrogens (tertiary/aromatic N) is 7. The summed E-state index contributed by atoms with van der Waals surface area (Å²) in [5.41, 5.74) is 12.2. The zero-order valence-electron chi connectivity index (χ0n) is 33.3. The van der Waals surface area contributed by atoms with Crippen molar-refractivity contribution in [3.63, 3.8) is 0 Å². The van der Waals surface area contributed by atoms with E-state index in [1.54, 1.807) is 13.2 Å². The number of piperidine rings is 5. The van der Waals surface area contributed by atoms with Crippen LogP contribution in [0.25, 0.3) is 11.1 Å². The molecule has 3 N–H and O–H groups in total. The topological polar surface area (TPSA) is 150 Å². The molecule has 14 heteroatoms. The van der Waals surface area contributed by atoms with E-state index < -0.39 is 23.8 Å². The molecule has 9 rings (SSSR count). The van der Waals surface area contributed by atoms with Gasteiger partial charge in [-0.05, 0) is 114 Å². The largest absolute Gasteiger partial charge is 0.495 e. The number of anilines is 3. The molecule has 5 saturated heterocycles. The van der Waals surface area contributed by atoms with Gasteiger partial charge in [0.05, 0.1) is 30.1 Å². The first-order chi connectivity index (χ1) is 27.6. The SMILES string of the molecule is COc1cc(N2CCC(N3CCC(N4CCC5(CCCN(c6ccc7c(c6)C(=O)N(C6CCC(=O)NC6=O)C7=O)C5)CC4)CC3)CC2)c(-c2cnn(C)c2)cc1N. The number of nitrogens with one attached hydrogen (secondary N) is 1. The number of aryl methyl sites for hydroxylation is 1. The summed E-state index contributed by atoms with van der Waals surface area (Å²) in [6, 6.07) is 9.95. The number of methoxy groups -OCH3 is 1. The number of rotatable bonds is 7. The molecule has 57 heavy (non-hydrogen) atoms. The molecule has 302 valence electrons. The minimum absolute atomic E-state index is 0.111. The second-order valence-electron chi connectivity index (χ2n) is 17.2. The van der Waals surface area contributed by atoms with Gasteiger partial charge >= 0.3 is 0 Å². The van der Waals surface area contributed by atoms with Crippen LogP contribution in [-0.4, -0.2) is 126 Å². The van der Waals surface area contributed by atoms with Crippen molar-refractivity contribution in [3.05, 3.63) is 53.9 Å². The monoisotopic (exact) mass is 777 g/mol. The van der Waals surface area contributed by atoms with Gasteiger partial charge in [0, 0.05) is 86.5 Å². The van der Waals surface area contributed by atoms with Gasteiger partial charge in [-0.2, -0.15) is 5.10 Å². The Balaban J connectivity index is 0.771. The Morgan fingerprint density at radius 2 is 1.49 bits per heavy atom. The Kier molecular flexibility index (Phi) is 9.96. The van der Waals surface area contributed by atoms with E-state index in [1.165, 1.54) is 32.1 Å². The van der Waals surface area contributed by atoms with Crippen LogP contribution >= 0.6 is 0 Å². The van der Waals surface area contributed by atoms with E-state index >= 15 is 0 Å². The molecule has 5 fully saturated rings. The lowest BCUT2D eigenvalue weighted by molar-refractivity contribution is -0.136. The Labute approximate surface area is 334 Å². The minimum atomic E-state index is -0.952. The van der Waals surface area contributed by atoms with Crippen molar-refractivity contribution in [1.29, 1.82) is 0 Å². The van der Waals surface area contributed by atoms with Crippen LogP contribution in [0.15, 0.2) is 42.7 Å². The molecule has 1 aromatic heterocycles. The second-order valence-corrected chi connectivity index (χ2v) is 17.2. The lowest BCUT2D eigenvalue weighted by Crippen LogP contribution is -2.55. The summed E-state index contributed by atoms with van der Waals surface area (Å²) in [6.45, 7) is 8.42. The third kappa shape index (κ3) is 7.04. The number of nitrogens with two attached hydrogens (primary N) is 1. The average Bonchev–Trinajstić information content (AvgIpc) is 3.77. The molecule has 1 unspecified atom stereocenters. The molecule has 7 heterocycles. The molecule has 6 aliphatic heterocycles. The molecule has 6 aliphatic rings. The molecule has 2 aromatic carbocycles. The first-order valence-corrected chi connectivity index (χ1v) is 20.9. The summed E-state index contributed by atoms with van der Waals surface area (Å²) in [5.74, 6) is -1.15. The molecular weight excluding hydrogens is 723 g/mol. The maximum Gasteiger partial charge on any atom is 0.262 e. The van der Waals surface area contributed by atoms with E-state index in [0.29, 0.717) is 34.6 Å². The molecule has 0 bridgehead atoms. The summed E-state index contributed by atoms with van der Waals surface area (Å²) >= 11 is 0. The van der Waals surface area contributed by atoms with Gasteiger partial charge in [-0.25, -0.2) is 0 Å². The fourth-order valence-electron chi connectivity index (χ4n) is 10.8. The van der Waals surface area contributed by atoms with Crippen molar-refractivity contribution in [1.82, 2.24) is 29.8 Å². The number of aromatic nitrogens is 2. The number of ether oxygens (including phenoxy) is 1. The van der Waals surface area contributed by atoms with Gasteiger partial charge in [-0.1, -0.05) is 0 Å². The van der Waals surface area contributed by atoms with Gasteiger partial charge in [0.15, 0.2) is 0 Å². The van der Waals surface area contributed by atoms with Gasteiger partial charge in [-0.15, -0.1) is 0 Å². The summed E-state index contributed by atoms with van der Waals surface area (Å²) < 4.78 is 7.45. The normalized spacial score (nSPS) is 24.0. The number of carbonyl (C=O) groups excluding carboxylic acids is 4. The zero-order valence-corrected chi connectivity index (χ0v) is 33.3. The van der Waals surface area contributed by atoms with E-state index in [4.69, 9.17) is 10.5 Å². The van der Waals surface area contributed by atoms with Crippen molar-refractivity contribution >= 4 is 40.7 Å². The van der Waals surface area contributed by atoms with Crippen LogP contribution < -0.4 is 25.6 Å². The average molecular weight is 778 g/mol. The van der Waals surface area contributed by atoms with E-state index in [0.717, 1.165) is 99.0 Å². The highest BCUT2D eigenvalue weighted by Gasteiger charge is 2.46. The molecule has 0 radical (unpaired) electrons. The maximum atomic E-state index is 13.5. The fourth-order valence-corrected chi connectivity index (χ4v) is 10.8. The Morgan fingerprint density at radius 3 is 2.18 bits per heavy atom. The van der Waals surface area contributed by atoms with Gasteiger partial charge in [0.2, 0.25) is 11.8 Å². The van der Waals surface area contributed by atoms with Gasteiger partial charge in [0.25, 0.3) is 11.8 Å². The lowest BCUT2D eigenvalue weighted by Gasteiger charge is -2.51. The Bertz CT molecular complexity index is 2060. The number of benzene rings is 2. The Hall–Kier alpha value is -4.95. The molecule has 14 nitrogen and oxygen atoms in total. The number of likely N-dealkylation sites (tertiary alicyclic amines) is 2. The predicted octanol–water partition coefficient (Wildman–Crippen LogP) is 3.89. The van der Waals surface area contributed by atoms with Crippen molar-refractivity contribution in [3.8, 4) is 16.9 Å². The lowest BCUT2D eigenvalue weighted by atomic mass is 9.72. The quantitative estimate of drug-likeness (QED) is 0.266. The maximum absolute atomic E-state index is 13.5. The van der Waals surface area contributed by atoms with Gasteiger partial charge in [-0.3, -0.25) is 34.1 Å². The summed E-state index contributed by atoms with van der Waals surface area (Å²) in [6.07, 6.45) is 13.6. The molecule has 1 spiro atoms. The van der Waals surface area contributed by atoms with Crippen LogP contribution in [0.5, 0.6) is 5.75 Å². The number of amides is 4. The van der Waals surface area contributed by atoms with Gasteiger partial charge in [0.1, 0.15) is 11.8 Å². The van der Waals surface area contributed by atoms with Gasteiger partial charge < -0.3 is 30.1 Å². The first-order valence-electron chi connectivity index (χ1n) is 20.9. The van der Waals surface area contributed by atoms with Crippen molar-refractivity contribution in [2.24, 2.45) is 12.5 Å². The van der Waals surface area contributed by atoms with E-state index in [9.17, 15) is 19.2 Å². The number of hydrogen-bond donors (Lipinski definition) is 2. The second kappa shape index (κ2) is 15.1. The van der Waals surface area contributed by atoms with Crippen LogP contribution in [0, 0.1) is 5.41 Å². The van der Waals surface area contributed by atoms with E-state index in [2.05, 4.69) is 36.1 Å². The molecular formula is C43H55N9O5. The van der Waals surface area contributed by atoms with Crippen LogP contribution in [0.4, 0.5) is 17.1 Å². The van der Waals surface area contributed by atoms with Crippen molar-refractivity contribution in [2.75, 3.05) is 75.0 Å². The number of carbonyl (C=O) groups is 4. The van der Waals surface area contributed by atoms with E-state index in [-0.39, 0.29) is 24.2 Å². The summed E-state index contributed by atoms with van der Waals surface area (Å²) in [4.78, 5) is 62.5. The highest BCUT2D eigenvalue weighted by atomic mass is 16.5. The van der Waals surface area contributed by atoms with Crippen LogP contribution in [0.2, 0.25) is 0 Å². The molecule has 0 aliphatic carbocycles. The third-order valence-electron chi connectivity index (χ3n) is 14.0. The highest BCUT2D eigenvalue weighted by Crippen LogP contribution is 2.44. The van der Waals surface area contributed by atoms with Crippen LogP contribution in [0.1, 0.15) is 84.9 Å². The highest BCUT2D eigenvalue weighted by molar-refractivity contribution is 6.23. The third-order valence-corrected chi connectivity index (χ3v) is 14.0. The number of hydrogen-bond acceptors (Lipinski definition) is 11. The predicted molar refractivity (Wildman–Crippen MR) is 217 cm³/mol. The fraction of sp³-hybridized carbons (Fsp3) is 0.558. The summed E-state index contributed by atoms with van der Waals surface area (Å²) in [5, 5.41) is 6.69. The minimum Gasteiger partial charge on any atom is -0.495 e. The molecule has 1 atom stereocenters. The standard InChI is InChI=1S/C43H55N9O5/c1-47-26-28(25-45-47)33-23-35(44)38(57-2)24-37(33)50-18-10-29(11-19-50)48-16-8-30(9-17-48)49-20-13-43(14-21-49)12-3-15-51(27-43)31-4-5-32-34(22-31)42(56)52(41(32)55)36-6-7-39(53)46-40(36)54/h4-5,22-26,29-30,36H,3,6-21,27,44H2,1-2H3,(H,46,53,54). The van der Waals surface area contributed by atoms with E-state index in [1.807, 2.05) is 42.3 Å². The molecule has 4 amide bonds. The van der Waals surface area contributed by atoms with Crippen molar-refractivity contribution < 1.29 is 23.9 Å². The first kappa shape index (κ1) is 37.6. The molecule has 3 aromatic rings.